The number of nitrogens with zero attached hydrogens (tertiary/aromatic N) is 3. The smallest absolute Gasteiger partial charge is 0.239 e. The lowest BCUT2D eigenvalue weighted by atomic mass is 10.1. The number of aryl methyl sites for hydroxylation is 1. The maximum atomic E-state index is 12.8. The van der Waals surface area contributed by atoms with Gasteiger partial charge in [0, 0.05) is 29.6 Å². The highest BCUT2D eigenvalue weighted by atomic mass is 35.5. The van der Waals surface area contributed by atoms with Crippen molar-refractivity contribution in [2.45, 2.75) is 19.9 Å². The molecule has 2 aromatic carbocycles. The Kier molecular flexibility index (Phi) is 5.36. The van der Waals surface area contributed by atoms with Crippen LogP contribution in [0.2, 0.25) is 5.02 Å². The number of imidazole rings is 1. The largest absolute Gasteiger partial charge is 0.313 e. The second-order valence-corrected chi connectivity index (χ2v) is 7.53. The number of hydrogen-bond acceptors (Lipinski definition) is 3. The lowest BCUT2D eigenvalue weighted by Crippen LogP contribution is -2.33. The summed E-state index contributed by atoms with van der Waals surface area (Å²) >= 11 is 6.23. The van der Waals surface area contributed by atoms with Gasteiger partial charge < -0.3 is 9.47 Å². The average Bonchev–Trinajstić information content (AvgIpc) is 3.31. The first-order valence-corrected chi connectivity index (χ1v) is 9.84. The number of rotatable bonds is 5. The molecule has 1 fully saturated rings. The molecule has 2 heterocycles. The molecule has 6 nitrogen and oxygen atoms in total. The van der Waals surface area contributed by atoms with Crippen LogP contribution in [0.25, 0.3) is 0 Å². The Morgan fingerprint density at radius 3 is 2.72 bits per heavy atom. The van der Waals surface area contributed by atoms with Crippen LogP contribution in [0.3, 0.4) is 0 Å². The summed E-state index contributed by atoms with van der Waals surface area (Å²) in [4.78, 5) is 31.5. The third-order valence-corrected chi connectivity index (χ3v) is 5.49. The van der Waals surface area contributed by atoms with Crippen molar-refractivity contribution < 1.29 is 9.59 Å². The number of carbonyl (C=O) groups excluding carboxylic acids is 2. The topological polar surface area (TPSA) is 67.2 Å². The van der Waals surface area contributed by atoms with Crippen molar-refractivity contribution in [2.75, 3.05) is 16.8 Å². The van der Waals surface area contributed by atoms with Gasteiger partial charge >= 0.3 is 0 Å². The molecule has 1 aliphatic heterocycles. The number of amides is 2. The van der Waals surface area contributed by atoms with Crippen molar-refractivity contribution in [3.8, 4) is 0 Å². The van der Waals surface area contributed by atoms with Crippen LogP contribution in [0.15, 0.2) is 60.9 Å². The zero-order valence-corrected chi connectivity index (χ0v) is 16.8. The molecule has 1 atom stereocenters. The van der Waals surface area contributed by atoms with Gasteiger partial charge in [-0.05, 0) is 37.1 Å². The highest BCUT2D eigenvalue weighted by Gasteiger charge is 2.38. The summed E-state index contributed by atoms with van der Waals surface area (Å²) in [6.45, 7) is 2.99. The Bertz CT molecular complexity index is 1040. The fraction of sp³-hybridized carbons (Fsp3) is 0.227. The molecule has 0 bridgehead atoms. The first kappa shape index (κ1) is 19.2. The van der Waals surface area contributed by atoms with Gasteiger partial charge in [0.1, 0.15) is 5.92 Å². The van der Waals surface area contributed by atoms with E-state index in [1.165, 1.54) is 0 Å². The van der Waals surface area contributed by atoms with Gasteiger partial charge in [0.05, 0.1) is 6.54 Å². The maximum Gasteiger partial charge on any atom is 0.239 e. The van der Waals surface area contributed by atoms with E-state index in [9.17, 15) is 9.59 Å². The van der Waals surface area contributed by atoms with Crippen LogP contribution in [0.4, 0.5) is 11.6 Å². The zero-order valence-electron chi connectivity index (χ0n) is 16.0. The molecule has 2 amide bonds. The number of benzene rings is 2. The molecule has 1 saturated heterocycles. The Morgan fingerprint density at radius 2 is 1.97 bits per heavy atom. The Morgan fingerprint density at radius 1 is 1.21 bits per heavy atom. The predicted octanol–water partition coefficient (Wildman–Crippen LogP) is 3.88. The number of halogens is 1. The van der Waals surface area contributed by atoms with Crippen LogP contribution >= 0.6 is 11.6 Å². The van der Waals surface area contributed by atoms with E-state index in [1.807, 2.05) is 55.5 Å². The highest BCUT2D eigenvalue weighted by molar-refractivity contribution is 6.31. The van der Waals surface area contributed by atoms with Crippen LogP contribution in [0.1, 0.15) is 17.5 Å². The second kappa shape index (κ2) is 8.09. The van der Waals surface area contributed by atoms with Crippen molar-refractivity contribution in [2.24, 2.45) is 5.92 Å². The fourth-order valence-electron chi connectivity index (χ4n) is 3.47. The summed E-state index contributed by atoms with van der Waals surface area (Å²) in [6, 6.07) is 15.3. The van der Waals surface area contributed by atoms with Gasteiger partial charge in [0.15, 0.2) is 0 Å². The molecule has 0 radical (unpaired) electrons. The second-order valence-electron chi connectivity index (χ2n) is 7.13. The molecule has 1 N–H and O–H groups in total. The van der Waals surface area contributed by atoms with E-state index in [4.69, 9.17) is 11.6 Å². The summed E-state index contributed by atoms with van der Waals surface area (Å²) in [7, 11) is 0. The Labute approximate surface area is 174 Å². The predicted molar refractivity (Wildman–Crippen MR) is 113 cm³/mol. The lowest BCUT2D eigenvalue weighted by Gasteiger charge is -2.17. The summed E-state index contributed by atoms with van der Waals surface area (Å²) in [6.07, 6.45) is 3.86. The van der Waals surface area contributed by atoms with E-state index in [0.29, 0.717) is 30.5 Å². The van der Waals surface area contributed by atoms with Crippen LogP contribution < -0.4 is 10.2 Å². The molecule has 1 aromatic heterocycles. The number of nitrogens with one attached hydrogen (secondary N) is 1. The summed E-state index contributed by atoms with van der Waals surface area (Å²) in [5, 5.41) is 3.46. The van der Waals surface area contributed by atoms with E-state index in [-0.39, 0.29) is 11.8 Å². The van der Waals surface area contributed by atoms with E-state index in [2.05, 4.69) is 10.3 Å². The number of anilines is 2. The molecule has 1 unspecified atom stereocenters. The first-order chi connectivity index (χ1) is 14.0. The zero-order chi connectivity index (χ0) is 20.4. The van der Waals surface area contributed by atoms with Gasteiger partial charge in [-0.3, -0.25) is 14.9 Å². The van der Waals surface area contributed by atoms with Gasteiger partial charge in [-0.1, -0.05) is 47.5 Å². The molecule has 0 aliphatic carbocycles. The van der Waals surface area contributed by atoms with E-state index < -0.39 is 5.92 Å². The minimum Gasteiger partial charge on any atom is -0.313 e. The Balaban J connectivity index is 1.45. The average molecular weight is 409 g/mol. The minimum atomic E-state index is -0.721. The minimum absolute atomic E-state index is 0.185. The van der Waals surface area contributed by atoms with Crippen molar-refractivity contribution in [3.05, 3.63) is 77.1 Å². The monoisotopic (exact) mass is 408 g/mol. The molecule has 3 aromatic rings. The molecule has 7 heteroatoms. The molecule has 4 rings (SSSR count). The third-order valence-electron chi connectivity index (χ3n) is 5.12. The summed E-state index contributed by atoms with van der Waals surface area (Å²) in [5.41, 5.74) is 2.86. The number of aromatic nitrogens is 2. The first-order valence-electron chi connectivity index (χ1n) is 9.46. The van der Waals surface area contributed by atoms with Crippen molar-refractivity contribution in [1.29, 1.82) is 0 Å². The molecule has 0 saturated carbocycles. The van der Waals surface area contributed by atoms with Gasteiger partial charge in [0.2, 0.25) is 17.8 Å². The molecule has 148 valence electrons. The lowest BCUT2D eigenvalue weighted by molar-refractivity contribution is -0.129. The van der Waals surface area contributed by atoms with Gasteiger partial charge in [0.25, 0.3) is 0 Å². The molecular formula is C22H21ClN4O2. The summed E-state index contributed by atoms with van der Waals surface area (Å²) in [5.74, 6) is -0.843. The summed E-state index contributed by atoms with van der Waals surface area (Å²) < 4.78 is 1.80. The third kappa shape index (κ3) is 4.03. The Hall–Kier alpha value is -3.12. The van der Waals surface area contributed by atoms with E-state index in [0.717, 1.165) is 16.8 Å². The van der Waals surface area contributed by atoms with Gasteiger partial charge in [-0.25, -0.2) is 4.98 Å². The molecule has 1 aliphatic rings. The van der Waals surface area contributed by atoms with Gasteiger partial charge in [-0.2, -0.15) is 0 Å². The number of carbonyl (C=O) groups is 2. The fourth-order valence-corrected chi connectivity index (χ4v) is 3.67. The van der Waals surface area contributed by atoms with E-state index in [1.54, 1.807) is 21.9 Å². The van der Waals surface area contributed by atoms with Crippen LogP contribution in [0, 0.1) is 12.8 Å². The number of hydrogen-bond donors (Lipinski definition) is 1. The highest BCUT2D eigenvalue weighted by Crippen LogP contribution is 2.26. The van der Waals surface area contributed by atoms with Crippen LogP contribution in [0.5, 0.6) is 0 Å². The van der Waals surface area contributed by atoms with Crippen LogP contribution in [-0.2, 0) is 16.1 Å². The van der Waals surface area contributed by atoms with E-state index >= 15 is 0 Å². The van der Waals surface area contributed by atoms with Gasteiger partial charge in [-0.15, -0.1) is 0 Å². The maximum absolute atomic E-state index is 12.8. The van der Waals surface area contributed by atoms with Crippen molar-refractivity contribution in [1.82, 2.24) is 9.55 Å². The SMILES string of the molecule is Cc1ccc(N2CCC(C(=O)Nc3nccn3Cc3ccccc3Cl)C2=O)cc1. The van der Waals surface area contributed by atoms with Crippen molar-refractivity contribution in [3.63, 3.8) is 0 Å². The standard InChI is InChI=1S/C22H21ClN4O2/c1-15-6-8-17(9-7-15)27-12-10-18(21(27)29)20(28)25-22-24-11-13-26(22)14-16-4-2-3-5-19(16)23/h2-9,11,13,18H,10,12,14H2,1H3,(H,24,25,28). The quantitative estimate of drug-likeness (QED) is 0.651. The molecule has 0 spiro atoms. The molecular weight excluding hydrogens is 388 g/mol. The normalized spacial score (nSPS) is 16.3. The molecule has 29 heavy (non-hydrogen) atoms. The van der Waals surface area contributed by atoms with Crippen LogP contribution in [-0.4, -0.2) is 27.9 Å². The van der Waals surface area contributed by atoms with Crippen molar-refractivity contribution >= 4 is 35.1 Å².